The maximum absolute atomic E-state index is 12.8. The largest absolute Gasteiger partial charge is 0.275 e. The minimum Gasteiger partial charge on any atom is -0.275 e. The van der Waals surface area contributed by atoms with Gasteiger partial charge in [-0.15, -0.1) is 0 Å². The molecule has 3 heteroatoms. The van der Waals surface area contributed by atoms with Gasteiger partial charge in [-0.05, 0) is 17.7 Å². The summed E-state index contributed by atoms with van der Waals surface area (Å²) in [6.07, 6.45) is 3.57. The van der Waals surface area contributed by atoms with Gasteiger partial charge in [0.1, 0.15) is 5.82 Å². The van der Waals surface area contributed by atoms with E-state index in [1.54, 1.807) is 16.9 Å². The Hall–Kier alpha value is -1.64. The molecule has 2 aromatic rings. The van der Waals surface area contributed by atoms with E-state index in [-0.39, 0.29) is 5.82 Å². The van der Waals surface area contributed by atoms with E-state index in [9.17, 15) is 4.39 Å². The number of rotatable bonds is 1. The van der Waals surface area contributed by atoms with Crippen molar-refractivity contribution in [1.82, 2.24) is 9.78 Å². The SMILES string of the molecule is Cn1cc(-c2cccc(F)c2)cn1. The first-order valence-corrected chi connectivity index (χ1v) is 4.00. The summed E-state index contributed by atoms with van der Waals surface area (Å²) in [6.45, 7) is 0. The van der Waals surface area contributed by atoms with Crippen molar-refractivity contribution in [3.8, 4) is 11.1 Å². The van der Waals surface area contributed by atoms with E-state index in [1.165, 1.54) is 12.1 Å². The summed E-state index contributed by atoms with van der Waals surface area (Å²) in [5.41, 5.74) is 1.79. The van der Waals surface area contributed by atoms with Gasteiger partial charge in [-0.25, -0.2) is 4.39 Å². The van der Waals surface area contributed by atoms with E-state index < -0.39 is 0 Å². The summed E-state index contributed by atoms with van der Waals surface area (Å²) in [4.78, 5) is 0. The quantitative estimate of drug-likeness (QED) is 0.651. The van der Waals surface area contributed by atoms with Crippen molar-refractivity contribution in [1.29, 1.82) is 0 Å². The molecule has 0 atom stereocenters. The predicted molar refractivity (Wildman–Crippen MR) is 48.6 cm³/mol. The van der Waals surface area contributed by atoms with Crippen molar-refractivity contribution in [3.63, 3.8) is 0 Å². The number of aryl methyl sites for hydroxylation is 1. The van der Waals surface area contributed by atoms with E-state index in [0.29, 0.717) is 0 Å². The van der Waals surface area contributed by atoms with Crippen LogP contribution in [0.5, 0.6) is 0 Å². The molecule has 0 radical (unpaired) electrons. The fourth-order valence-electron chi connectivity index (χ4n) is 1.24. The fourth-order valence-corrected chi connectivity index (χ4v) is 1.24. The zero-order valence-electron chi connectivity index (χ0n) is 7.24. The minimum absolute atomic E-state index is 0.221. The molecule has 0 N–H and O–H groups in total. The molecule has 0 bridgehead atoms. The van der Waals surface area contributed by atoms with E-state index in [2.05, 4.69) is 5.10 Å². The molecule has 0 amide bonds. The van der Waals surface area contributed by atoms with Crippen molar-refractivity contribution in [2.75, 3.05) is 0 Å². The molecule has 0 saturated carbocycles. The number of benzene rings is 1. The van der Waals surface area contributed by atoms with Gasteiger partial charge in [-0.3, -0.25) is 4.68 Å². The van der Waals surface area contributed by atoms with Gasteiger partial charge in [0.15, 0.2) is 0 Å². The Bertz CT molecular complexity index is 420. The lowest BCUT2D eigenvalue weighted by molar-refractivity contribution is 0.628. The van der Waals surface area contributed by atoms with E-state index in [0.717, 1.165) is 11.1 Å². The number of nitrogens with zero attached hydrogens (tertiary/aromatic N) is 2. The summed E-state index contributed by atoms with van der Waals surface area (Å²) in [7, 11) is 1.84. The number of aromatic nitrogens is 2. The van der Waals surface area contributed by atoms with Crippen LogP contribution in [0, 0.1) is 5.82 Å². The number of halogens is 1. The van der Waals surface area contributed by atoms with Gasteiger partial charge in [0.25, 0.3) is 0 Å². The number of hydrogen-bond donors (Lipinski definition) is 0. The van der Waals surface area contributed by atoms with Crippen molar-refractivity contribution < 1.29 is 4.39 Å². The second kappa shape index (κ2) is 3.01. The third kappa shape index (κ3) is 1.59. The highest BCUT2D eigenvalue weighted by atomic mass is 19.1. The molecule has 1 heterocycles. The summed E-state index contributed by atoms with van der Waals surface area (Å²) in [5.74, 6) is -0.221. The lowest BCUT2D eigenvalue weighted by Crippen LogP contribution is -1.84. The zero-order valence-corrected chi connectivity index (χ0v) is 7.24. The van der Waals surface area contributed by atoms with Crippen LogP contribution in [0.2, 0.25) is 0 Å². The molecule has 0 aliphatic rings. The lowest BCUT2D eigenvalue weighted by Gasteiger charge is -1.95. The fraction of sp³-hybridized carbons (Fsp3) is 0.100. The molecule has 0 aliphatic heterocycles. The molecule has 0 unspecified atom stereocenters. The van der Waals surface area contributed by atoms with Crippen LogP contribution >= 0.6 is 0 Å². The molecule has 0 aliphatic carbocycles. The van der Waals surface area contributed by atoms with Crippen molar-refractivity contribution in [2.24, 2.45) is 7.05 Å². The molecule has 66 valence electrons. The third-order valence-corrected chi connectivity index (χ3v) is 1.86. The molecular formula is C10H9FN2. The van der Waals surface area contributed by atoms with Crippen LogP contribution < -0.4 is 0 Å². The van der Waals surface area contributed by atoms with Crippen LogP contribution in [0.15, 0.2) is 36.7 Å². The van der Waals surface area contributed by atoms with Crippen LogP contribution in [0.4, 0.5) is 4.39 Å². The smallest absolute Gasteiger partial charge is 0.123 e. The van der Waals surface area contributed by atoms with Crippen molar-refractivity contribution >= 4 is 0 Å². The molecule has 0 fully saturated rings. The van der Waals surface area contributed by atoms with Gasteiger partial charge in [0.05, 0.1) is 6.20 Å². The lowest BCUT2D eigenvalue weighted by atomic mass is 10.1. The highest BCUT2D eigenvalue weighted by Crippen LogP contribution is 2.18. The highest BCUT2D eigenvalue weighted by Gasteiger charge is 2.00. The molecule has 1 aromatic heterocycles. The summed E-state index contributed by atoms with van der Waals surface area (Å²) >= 11 is 0. The molecular weight excluding hydrogens is 167 g/mol. The zero-order chi connectivity index (χ0) is 9.26. The third-order valence-electron chi connectivity index (χ3n) is 1.86. The first-order chi connectivity index (χ1) is 6.25. The average molecular weight is 176 g/mol. The number of hydrogen-bond acceptors (Lipinski definition) is 1. The maximum Gasteiger partial charge on any atom is 0.123 e. The first-order valence-electron chi connectivity index (χ1n) is 4.00. The molecule has 2 rings (SSSR count). The monoisotopic (exact) mass is 176 g/mol. The maximum atomic E-state index is 12.8. The normalized spacial score (nSPS) is 10.3. The topological polar surface area (TPSA) is 17.8 Å². The predicted octanol–water partition coefficient (Wildman–Crippen LogP) is 2.23. The van der Waals surface area contributed by atoms with Crippen LogP contribution in [0.3, 0.4) is 0 Å². The Labute approximate surface area is 75.6 Å². The Morgan fingerprint density at radius 2 is 2.15 bits per heavy atom. The Morgan fingerprint density at radius 3 is 2.77 bits per heavy atom. The van der Waals surface area contributed by atoms with Gasteiger partial charge in [0, 0.05) is 18.8 Å². The minimum atomic E-state index is -0.221. The summed E-state index contributed by atoms with van der Waals surface area (Å²) in [6, 6.07) is 6.48. The highest BCUT2D eigenvalue weighted by molar-refractivity contribution is 5.61. The van der Waals surface area contributed by atoms with Gasteiger partial charge < -0.3 is 0 Å². The molecule has 0 spiro atoms. The molecule has 13 heavy (non-hydrogen) atoms. The second-order valence-corrected chi connectivity index (χ2v) is 2.91. The average Bonchev–Trinajstić information content (AvgIpc) is 2.52. The standard InChI is InChI=1S/C10H9FN2/c1-13-7-9(6-12-13)8-3-2-4-10(11)5-8/h2-7H,1H3. The molecule has 0 saturated heterocycles. The van der Waals surface area contributed by atoms with Gasteiger partial charge in [-0.1, -0.05) is 12.1 Å². The van der Waals surface area contributed by atoms with Crippen LogP contribution in [0.25, 0.3) is 11.1 Å². The van der Waals surface area contributed by atoms with E-state index >= 15 is 0 Å². The van der Waals surface area contributed by atoms with Crippen molar-refractivity contribution in [2.45, 2.75) is 0 Å². The second-order valence-electron chi connectivity index (χ2n) is 2.91. The molecule has 2 nitrogen and oxygen atoms in total. The first kappa shape index (κ1) is 7.98. The summed E-state index contributed by atoms with van der Waals surface area (Å²) < 4.78 is 14.5. The van der Waals surface area contributed by atoms with Gasteiger partial charge >= 0.3 is 0 Å². The Kier molecular flexibility index (Phi) is 1.85. The van der Waals surface area contributed by atoms with E-state index in [4.69, 9.17) is 0 Å². The van der Waals surface area contributed by atoms with Crippen LogP contribution in [-0.2, 0) is 7.05 Å². The van der Waals surface area contributed by atoms with Crippen molar-refractivity contribution in [3.05, 3.63) is 42.5 Å². The van der Waals surface area contributed by atoms with Crippen LogP contribution in [-0.4, -0.2) is 9.78 Å². The molecule has 1 aromatic carbocycles. The Balaban J connectivity index is 2.46. The summed E-state index contributed by atoms with van der Waals surface area (Å²) in [5, 5.41) is 4.02. The van der Waals surface area contributed by atoms with E-state index in [1.807, 2.05) is 19.3 Å². The Morgan fingerprint density at radius 1 is 1.31 bits per heavy atom. The van der Waals surface area contributed by atoms with Crippen LogP contribution in [0.1, 0.15) is 0 Å². The van der Waals surface area contributed by atoms with Gasteiger partial charge in [-0.2, -0.15) is 5.10 Å². The van der Waals surface area contributed by atoms with Gasteiger partial charge in [0.2, 0.25) is 0 Å².